The molecule has 98 valence electrons. The van der Waals surface area contributed by atoms with Crippen molar-refractivity contribution in [3.05, 3.63) is 23.8 Å². The van der Waals surface area contributed by atoms with E-state index < -0.39 is 0 Å². The molecule has 0 saturated carbocycles. The van der Waals surface area contributed by atoms with Crippen molar-refractivity contribution in [1.29, 1.82) is 0 Å². The molecule has 4 N–H and O–H groups in total. The monoisotopic (exact) mass is 250 g/mol. The van der Waals surface area contributed by atoms with Crippen molar-refractivity contribution in [2.75, 3.05) is 19.6 Å². The van der Waals surface area contributed by atoms with Gasteiger partial charge in [0.15, 0.2) is 11.5 Å². The fourth-order valence-electron chi connectivity index (χ4n) is 2.33. The topological polar surface area (TPSA) is 86.8 Å². The second-order valence-electron chi connectivity index (χ2n) is 4.69. The Labute approximate surface area is 106 Å². The first-order valence-electron chi connectivity index (χ1n) is 6.13. The highest BCUT2D eigenvalue weighted by Crippen LogP contribution is 2.27. The van der Waals surface area contributed by atoms with Gasteiger partial charge in [-0.2, -0.15) is 0 Å². The van der Waals surface area contributed by atoms with Gasteiger partial charge >= 0.3 is 0 Å². The van der Waals surface area contributed by atoms with Crippen LogP contribution >= 0.6 is 0 Å². The van der Waals surface area contributed by atoms with E-state index in [1.165, 1.54) is 18.2 Å². The molecule has 0 radical (unpaired) electrons. The lowest BCUT2D eigenvalue weighted by Crippen LogP contribution is -2.28. The standard InChI is InChI=1S/C13H18N2O3/c14-5-3-9-4-6-15(8-9)13(18)10-1-2-11(16)12(17)7-10/h1-2,7,9,16-17H,3-6,8,14H2. The first-order valence-corrected chi connectivity index (χ1v) is 6.13. The van der Waals surface area contributed by atoms with Crippen LogP contribution in [0.2, 0.25) is 0 Å². The van der Waals surface area contributed by atoms with Crippen LogP contribution < -0.4 is 5.73 Å². The van der Waals surface area contributed by atoms with Gasteiger partial charge in [-0.15, -0.1) is 0 Å². The number of benzene rings is 1. The summed E-state index contributed by atoms with van der Waals surface area (Å²) in [4.78, 5) is 13.9. The van der Waals surface area contributed by atoms with Crippen LogP contribution in [0.3, 0.4) is 0 Å². The van der Waals surface area contributed by atoms with Crippen LogP contribution in [0.5, 0.6) is 11.5 Å². The predicted octanol–water partition coefficient (Wildman–Crippen LogP) is 0.909. The minimum atomic E-state index is -0.265. The molecule has 1 amide bonds. The zero-order chi connectivity index (χ0) is 13.1. The van der Waals surface area contributed by atoms with Crippen LogP contribution in [0, 0.1) is 5.92 Å². The minimum absolute atomic E-state index is 0.107. The predicted molar refractivity (Wildman–Crippen MR) is 67.5 cm³/mol. The van der Waals surface area contributed by atoms with Crippen molar-refractivity contribution in [3.8, 4) is 11.5 Å². The number of phenols is 2. The number of hydrogen-bond donors (Lipinski definition) is 3. The van der Waals surface area contributed by atoms with Gasteiger partial charge in [-0.3, -0.25) is 4.79 Å². The number of hydrogen-bond acceptors (Lipinski definition) is 4. The number of aromatic hydroxyl groups is 2. The third-order valence-electron chi connectivity index (χ3n) is 3.37. The van der Waals surface area contributed by atoms with Crippen LogP contribution in [-0.4, -0.2) is 40.7 Å². The molecule has 5 heteroatoms. The van der Waals surface area contributed by atoms with Gasteiger partial charge in [0.05, 0.1) is 0 Å². The van der Waals surface area contributed by atoms with Crippen molar-refractivity contribution in [2.24, 2.45) is 11.7 Å². The summed E-state index contributed by atoms with van der Waals surface area (Å²) in [6.45, 7) is 2.09. The van der Waals surface area contributed by atoms with Crippen molar-refractivity contribution in [1.82, 2.24) is 4.90 Å². The Morgan fingerprint density at radius 1 is 1.39 bits per heavy atom. The number of nitrogens with two attached hydrogens (primary N) is 1. The number of nitrogens with zero attached hydrogens (tertiary/aromatic N) is 1. The zero-order valence-corrected chi connectivity index (χ0v) is 10.2. The normalized spacial score (nSPS) is 19.2. The molecule has 1 unspecified atom stereocenters. The highest BCUT2D eigenvalue weighted by atomic mass is 16.3. The molecule has 1 aromatic carbocycles. The van der Waals surface area contributed by atoms with Gasteiger partial charge in [0.2, 0.25) is 0 Å². The Morgan fingerprint density at radius 2 is 2.17 bits per heavy atom. The average Bonchev–Trinajstić information content (AvgIpc) is 2.81. The van der Waals surface area contributed by atoms with Gasteiger partial charge in [0.1, 0.15) is 0 Å². The Balaban J connectivity index is 2.05. The van der Waals surface area contributed by atoms with E-state index in [9.17, 15) is 15.0 Å². The highest BCUT2D eigenvalue weighted by molar-refractivity contribution is 5.95. The second kappa shape index (κ2) is 5.27. The third-order valence-corrected chi connectivity index (χ3v) is 3.37. The summed E-state index contributed by atoms with van der Waals surface area (Å²) in [6, 6.07) is 4.15. The van der Waals surface area contributed by atoms with Gasteiger partial charge in [-0.25, -0.2) is 0 Å². The summed E-state index contributed by atoms with van der Waals surface area (Å²) in [5, 5.41) is 18.6. The number of carbonyl (C=O) groups excluding carboxylic acids is 1. The molecule has 18 heavy (non-hydrogen) atoms. The zero-order valence-electron chi connectivity index (χ0n) is 10.2. The van der Waals surface area contributed by atoms with Gasteiger partial charge in [-0.1, -0.05) is 0 Å². The van der Waals surface area contributed by atoms with Gasteiger partial charge in [-0.05, 0) is 43.5 Å². The number of amides is 1. The van der Waals surface area contributed by atoms with Crippen LogP contribution in [0.1, 0.15) is 23.2 Å². The van der Waals surface area contributed by atoms with E-state index in [-0.39, 0.29) is 17.4 Å². The molecule has 1 fully saturated rings. The molecule has 1 aliphatic heterocycles. The molecule has 0 aliphatic carbocycles. The third kappa shape index (κ3) is 2.56. The van der Waals surface area contributed by atoms with E-state index in [2.05, 4.69) is 0 Å². The lowest BCUT2D eigenvalue weighted by atomic mass is 10.1. The van der Waals surface area contributed by atoms with Crippen molar-refractivity contribution in [2.45, 2.75) is 12.8 Å². The molecular weight excluding hydrogens is 232 g/mol. The van der Waals surface area contributed by atoms with E-state index in [0.717, 1.165) is 25.9 Å². The summed E-state index contributed by atoms with van der Waals surface area (Å²) in [6.07, 6.45) is 1.91. The average molecular weight is 250 g/mol. The van der Waals surface area contributed by atoms with Crippen LogP contribution in [0.4, 0.5) is 0 Å². The van der Waals surface area contributed by atoms with Crippen LogP contribution in [0.25, 0.3) is 0 Å². The van der Waals surface area contributed by atoms with Gasteiger partial charge in [0, 0.05) is 18.7 Å². The van der Waals surface area contributed by atoms with Crippen molar-refractivity contribution >= 4 is 5.91 Å². The molecule has 1 aromatic rings. The number of rotatable bonds is 3. The molecule has 2 rings (SSSR count). The molecule has 0 aromatic heterocycles. The summed E-state index contributed by atoms with van der Waals surface area (Å²) in [5.41, 5.74) is 5.91. The fourth-order valence-corrected chi connectivity index (χ4v) is 2.33. The lowest BCUT2D eigenvalue weighted by Gasteiger charge is -2.16. The van der Waals surface area contributed by atoms with Crippen LogP contribution in [0.15, 0.2) is 18.2 Å². The molecular formula is C13H18N2O3. The lowest BCUT2D eigenvalue weighted by molar-refractivity contribution is 0.0786. The number of carbonyl (C=O) groups is 1. The minimum Gasteiger partial charge on any atom is -0.504 e. The van der Waals surface area contributed by atoms with E-state index in [4.69, 9.17) is 5.73 Å². The Kier molecular flexibility index (Phi) is 3.72. The van der Waals surface area contributed by atoms with E-state index in [1.54, 1.807) is 4.90 Å². The van der Waals surface area contributed by atoms with E-state index in [0.29, 0.717) is 18.0 Å². The van der Waals surface area contributed by atoms with Crippen LogP contribution in [-0.2, 0) is 0 Å². The molecule has 1 saturated heterocycles. The summed E-state index contributed by atoms with van der Waals surface area (Å²) < 4.78 is 0. The summed E-state index contributed by atoms with van der Waals surface area (Å²) in [5.74, 6) is -0.109. The first kappa shape index (κ1) is 12.7. The Bertz CT molecular complexity index is 448. The first-order chi connectivity index (χ1) is 8.61. The maximum absolute atomic E-state index is 12.2. The van der Waals surface area contributed by atoms with Crippen molar-refractivity contribution in [3.63, 3.8) is 0 Å². The van der Waals surface area contributed by atoms with Crippen molar-refractivity contribution < 1.29 is 15.0 Å². The Hall–Kier alpha value is -1.75. The quantitative estimate of drug-likeness (QED) is 0.696. The molecule has 1 aliphatic rings. The summed E-state index contributed by atoms with van der Waals surface area (Å²) >= 11 is 0. The fraction of sp³-hybridized carbons (Fsp3) is 0.462. The maximum atomic E-state index is 12.2. The highest BCUT2D eigenvalue weighted by Gasteiger charge is 2.26. The largest absolute Gasteiger partial charge is 0.504 e. The molecule has 5 nitrogen and oxygen atoms in total. The van der Waals surface area contributed by atoms with Gasteiger partial charge in [0.25, 0.3) is 5.91 Å². The number of phenolic OH excluding ortho intramolecular Hbond substituents is 2. The molecule has 0 spiro atoms. The Morgan fingerprint density at radius 3 is 2.83 bits per heavy atom. The summed E-state index contributed by atoms with van der Waals surface area (Å²) in [7, 11) is 0. The molecule has 1 atom stereocenters. The van der Waals surface area contributed by atoms with Gasteiger partial charge < -0.3 is 20.8 Å². The maximum Gasteiger partial charge on any atom is 0.254 e. The SMILES string of the molecule is NCCC1CCN(C(=O)c2ccc(O)c(O)c2)C1. The van der Waals surface area contributed by atoms with E-state index in [1.807, 2.05) is 0 Å². The van der Waals surface area contributed by atoms with E-state index >= 15 is 0 Å². The number of likely N-dealkylation sites (tertiary alicyclic amines) is 1. The molecule has 0 bridgehead atoms. The second-order valence-corrected chi connectivity index (χ2v) is 4.69. The smallest absolute Gasteiger partial charge is 0.254 e. The molecule has 1 heterocycles.